The quantitative estimate of drug-likeness (QED) is 0.0175. The molecule has 52 heteroatoms. The summed E-state index contributed by atoms with van der Waals surface area (Å²) in [6.07, 6.45) is 14.9. The van der Waals surface area contributed by atoms with Crippen LogP contribution in [0.4, 0.5) is 0 Å². The Hall–Kier alpha value is -12.0. The normalized spacial score (nSPS) is 14.4. The molecule has 1 rings (SSSR count). The van der Waals surface area contributed by atoms with Crippen molar-refractivity contribution in [2.24, 2.45) is 52.0 Å². The van der Waals surface area contributed by atoms with E-state index in [0.29, 0.717) is 30.6 Å². The number of thioether (sulfide) groups is 2. The molecule has 1 aromatic rings. The second kappa shape index (κ2) is 79.1. The summed E-state index contributed by atoms with van der Waals surface area (Å²) in [6.45, 7) is 10.1. The number of aliphatic hydroxyl groups excluding tert-OH is 2. The number of phenolic OH excluding ortho intramolecular Hbond substituents is 1. The van der Waals surface area contributed by atoms with E-state index in [4.69, 9.17) is 51.0 Å². The Morgan fingerprint density at radius 2 is 0.687 bits per heavy atom. The van der Waals surface area contributed by atoms with E-state index < -0.39 is 241 Å². The Labute approximate surface area is 888 Å². The summed E-state index contributed by atoms with van der Waals surface area (Å²) in [6, 6.07) is -18.2. The number of guanidine groups is 2. The number of carboxylic acids is 1. The molecule has 852 valence electrons. The van der Waals surface area contributed by atoms with Gasteiger partial charge in [0.2, 0.25) is 106 Å². The number of benzene rings is 1. The lowest BCUT2D eigenvalue weighted by Crippen LogP contribution is -2.62. The molecule has 18 amide bonds. The van der Waals surface area contributed by atoms with Crippen LogP contribution < -0.4 is 136 Å². The Kier molecular flexibility index (Phi) is 71.7. The zero-order valence-corrected chi connectivity index (χ0v) is 90.4. The Balaban J connectivity index is 3.66. The molecule has 50 nitrogen and oxygen atoms in total. The number of hydrogen-bond acceptors (Lipinski definition) is 29. The summed E-state index contributed by atoms with van der Waals surface area (Å²) in [7, 11) is 0. The van der Waals surface area contributed by atoms with Crippen LogP contribution in [0, 0.1) is 22.7 Å². The maximum atomic E-state index is 14.8. The highest BCUT2D eigenvalue weighted by atomic mass is 32.2. The van der Waals surface area contributed by atoms with Gasteiger partial charge in [0, 0.05) is 32.4 Å². The van der Waals surface area contributed by atoms with Gasteiger partial charge in [0.25, 0.3) is 0 Å². The molecule has 0 unspecified atom stereocenters. The van der Waals surface area contributed by atoms with Crippen LogP contribution in [0.5, 0.6) is 5.75 Å². The molecule has 0 aliphatic carbocycles. The number of hydrogen-bond donors (Lipinski definition) is 31. The van der Waals surface area contributed by atoms with Crippen molar-refractivity contribution < 1.29 is 112 Å². The van der Waals surface area contributed by atoms with Gasteiger partial charge in [-0.2, -0.15) is 23.5 Å². The molecule has 38 N–H and O–H groups in total. The summed E-state index contributed by atoms with van der Waals surface area (Å²) < 4.78 is 0. The minimum Gasteiger partial charge on any atom is -0.508 e. The van der Waals surface area contributed by atoms with E-state index in [2.05, 4.69) is 103 Å². The molecule has 0 aliphatic rings. The van der Waals surface area contributed by atoms with E-state index in [9.17, 15) is 112 Å². The van der Waals surface area contributed by atoms with Gasteiger partial charge in [-0.25, -0.2) is 0 Å². The van der Waals surface area contributed by atoms with Gasteiger partial charge in [-0.1, -0.05) is 124 Å². The standard InChI is InChI=1S/C98H175N27O23S2/c1-10-11-12-13-14-15-16-17-18-19-20-21-22-36-78(130)112-70(43-50-149-8)84(136)110-56-79(131)111-60(6)83(135)113-69(41-42-77(102)129)90(142)115-64(31-23-26-45-99)85(137)114-65(32-24-27-46-100)87(139)121-73(53-59(4)5)92(144)117-68(35-30-49-109-98(106)107)89(141)124-76(57-126)95(147)119-71(44-51-150-9)91(143)125-81(61(7)127)96(148)123-75(55-80(132)133)94(146)116-66(33-25-28-47-101)88(140)122-74(54-62-37-39-63(128)40-38-62)93(145)118-67(34-29-48-108-97(104)105)86(138)120-72(82(103)134)52-58(2)3/h37-40,58-61,64-76,81,126-128H,10-36,41-57,99-101H2,1-9H3,(H2,102,129)(H2,103,134)(H,110,136)(H,111,131)(H,112,130)(H,113,135)(H,114,137)(H,115,142)(H,116,146)(H,117,144)(H,118,145)(H,119,147)(H,120,138)(H,121,139)(H,122,140)(H,123,148)(H,124,141)(H,125,143)(H,132,133)(H4,104,105,108)(H4,106,107,109)/t60-,61+,64-,65-,66-,67-,68-,69-,70-,71-,72-,73-,74-,75-,76-,81-/m0/s1. The third-order valence-corrected chi connectivity index (χ3v) is 25.4. The topological polar surface area (TPSA) is 852 Å². The fraction of sp³-hybridized carbons (Fsp3) is 0.724. The van der Waals surface area contributed by atoms with Gasteiger partial charge >= 0.3 is 5.97 Å². The lowest BCUT2D eigenvalue weighted by atomic mass is 10.0. The van der Waals surface area contributed by atoms with Crippen LogP contribution in [-0.4, -0.2) is 311 Å². The number of carboxylic acid groups (broad SMARTS) is 1. The smallest absolute Gasteiger partial charge is 0.305 e. The van der Waals surface area contributed by atoms with Gasteiger partial charge < -0.3 is 156 Å². The van der Waals surface area contributed by atoms with Crippen molar-refractivity contribution in [2.75, 3.05) is 69.9 Å². The third kappa shape index (κ3) is 60.7. The number of unbranched alkanes of at least 4 members (excludes halogenated alkanes) is 15. The molecule has 0 aromatic heterocycles. The molecule has 0 saturated heterocycles. The van der Waals surface area contributed by atoms with Crippen LogP contribution in [0.1, 0.15) is 272 Å². The maximum absolute atomic E-state index is 14.8. The zero-order chi connectivity index (χ0) is 113. The number of phenols is 1. The first-order valence-electron chi connectivity index (χ1n) is 52.1. The second-order valence-electron chi connectivity index (χ2n) is 38.3. The predicted molar refractivity (Wildman–Crippen MR) is 570 cm³/mol. The number of aliphatic carboxylic acids is 1. The summed E-state index contributed by atoms with van der Waals surface area (Å²) in [4.78, 5) is 265. The van der Waals surface area contributed by atoms with Crippen molar-refractivity contribution in [1.29, 1.82) is 10.8 Å². The van der Waals surface area contributed by atoms with E-state index in [1.165, 1.54) is 106 Å². The van der Waals surface area contributed by atoms with E-state index >= 15 is 0 Å². The molecule has 0 saturated carbocycles. The second-order valence-corrected chi connectivity index (χ2v) is 40.3. The molecular weight excluding hydrogens is 1990 g/mol. The fourth-order valence-corrected chi connectivity index (χ4v) is 16.6. The van der Waals surface area contributed by atoms with E-state index in [-0.39, 0.29) is 177 Å². The highest BCUT2D eigenvalue weighted by molar-refractivity contribution is 7.98. The average molecular weight is 2160 g/mol. The third-order valence-electron chi connectivity index (χ3n) is 24.1. The van der Waals surface area contributed by atoms with Gasteiger partial charge in [0.15, 0.2) is 11.9 Å². The van der Waals surface area contributed by atoms with Crippen LogP contribution in [0.15, 0.2) is 24.3 Å². The number of amides is 18. The molecular formula is C98H175N27O23S2. The van der Waals surface area contributed by atoms with Crippen molar-refractivity contribution in [2.45, 2.75) is 370 Å². The number of aliphatic hydroxyl groups is 2. The molecule has 0 heterocycles. The summed E-state index contributed by atoms with van der Waals surface area (Å²) in [5.74, 6) is -20.0. The lowest BCUT2D eigenvalue weighted by molar-refractivity contribution is -0.142. The van der Waals surface area contributed by atoms with Crippen LogP contribution in [-0.2, 0) is 97.5 Å². The number of aromatic hydroxyl groups is 1. The average Bonchev–Trinajstić information content (AvgIpc) is 0.852. The van der Waals surface area contributed by atoms with Crippen molar-refractivity contribution in [3.8, 4) is 5.75 Å². The first kappa shape index (κ1) is 136. The SMILES string of the molecule is CCCCCCCCCCCCCCCC(=O)N[C@@H](CCSC)C(=O)NCC(=O)N[C@@H](C)C(=O)N[C@@H](CCC(N)=O)C(=O)N[C@@H](CCCCN)C(=O)N[C@@H](CCCCN)C(=O)N[C@@H](CC(C)C)C(=O)N[C@@H](CCCNC(=N)N)C(=O)N[C@@H](CO)C(=O)N[C@@H](CCSC)C(=O)N[C@H](C(=O)N[C@@H](CC(=O)O)C(=O)N[C@@H](CCCCN)C(=O)N[C@@H](Cc1ccc(O)cc1)C(=O)N[C@@H](CCCNC(=N)N)C(=O)N[C@@H](CC(C)C)C(N)=O)[C@@H](C)O. The Morgan fingerprint density at radius 3 is 1.08 bits per heavy atom. The zero-order valence-electron chi connectivity index (χ0n) is 88.7. The molecule has 0 aliphatic heterocycles. The maximum Gasteiger partial charge on any atom is 0.305 e. The number of rotatable bonds is 85. The number of nitrogens with two attached hydrogens (primary N) is 7. The van der Waals surface area contributed by atoms with E-state index in [1.54, 1.807) is 34.0 Å². The van der Waals surface area contributed by atoms with E-state index in [0.717, 1.165) is 32.6 Å². The first-order valence-corrected chi connectivity index (χ1v) is 54.9. The highest BCUT2D eigenvalue weighted by Gasteiger charge is 2.40. The predicted octanol–water partition coefficient (Wildman–Crippen LogP) is -3.07. The molecule has 150 heavy (non-hydrogen) atoms. The van der Waals surface area contributed by atoms with Crippen LogP contribution >= 0.6 is 23.5 Å². The number of nitrogens with one attached hydrogen (secondary N) is 20. The Morgan fingerprint density at radius 1 is 0.347 bits per heavy atom. The van der Waals surface area contributed by atoms with Gasteiger partial charge in [0.05, 0.1) is 25.7 Å². The molecule has 16 atom stereocenters. The van der Waals surface area contributed by atoms with E-state index in [1.807, 2.05) is 6.26 Å². The molecule has 0 bridgehead atoms. The fourth-order valence-electron chi connectivity index (χ4n) is 15.7. The van der Waals surface area contributed by atoms with Gasteiger partial charge in [0.1, 0.15) is 96.4 Å². The molecule has 0 spiro atoms. The summed E-state index contributed by atoms with van der Waals surface area (Å²) >= 11 is 2.64. The van der Waals surface area contributed by atoms with Crippen molar-refractivity contribution >= 4 is 148 Å². The number of primary amides is 2. The largest absolute Gasteiger partial charge is 0.508 e. The van der Waals surface area contributed by atoms with Gasteiger partial charge in [-0.05, 0) is 209 Å². The lowest BCUT2D eigenvalue weighted by Gasteiger charge is -2.29. The minimum absolute atomic E-state index is 0.0247. The first-order chi connectivity index (χ1) is 71.2. The Bertz CT molecular complexity index is 4360. The molecule has 0 radical (unpaired) electrons. The monoisotopic (exact) mass is 2160 g/mol. The summed E-state index contributed by atoms with van der Waals surface area (Å²) in [5, 5.41) is 103. The molecule has 0 fully saturated rings. The minimum atomic E-state index is -2.11. The van der Waals surface area contributed by atoms with Crippen molar-refractivity contribution in [1.82, 2.24) is 95.7 Å². The van der Waals surface area contributed by atoms with Crippen LogP contribution in [0.3, 0.4) is 0 Å². The molecule has 1 aromatic carbocycles. The summed E-state index contributed by atoms with van der Waals surface area (Å²) in [5.41, 5.74) is 40.1. The van der Waals surface area contributed by atoms with Gasteiger partial charge in [-0.3, -0.25) is 102 Å². The van der Waals surface area contributed by atoms with Crippen molar-refractivity contribution in [3.63, 3.8) is 0 Å². The number of carbonyl (C=O) groups excluding carboxylic acids is 18. The highest BCUT2D eigenvalue weighted by Crippen LogP contribution is 2.20. The van der Waals surface area contributed by atoms with Gasteiger partial charge in [-0.15, -0.1) is 0 Å². The van der Waals surface area contributed by atoms with Crippen LogP contribution in [0.2, 0.25) is 0 Å². The number of carbonyl (C=O) groups is 19. The van der Waals surface area contributed by atoms with Crippen LogP contribution in [0.25, 0.3) is 0 Å². The van der Waals surface area contributed by atoms with Crippen molar-refractivity contribution in [3.05, 3.63) is 29.8 Å².